The van der Waals surface area contributed by atoms with Crippen LogP contribution in [0.25, 0.3) is 0 Å². The van der Waals surface area contributed by atoms with Crippen LogP contribution >= 0.6 is 0 Å². The molecular formula is C37H56N6O7. The summed E-state index contributed by atoms with van der Waals surface area (Å²) < 4.78 is 9.55. The second kappa shape index (κ2) is 19.1. The molecule has 0 aliphatic carbocycles. The first-order valence-electron chi connectivity index (χ1n) is 17.4. The largest absolute Gasteiger partial charge is 0.453 e. The fourth-order valence-electron chi connectivity index (χ4n) is 5.89. The third kappa shape index (κ3) is 12.2. The molecule has 3 rings (SSSR count). The fourth-order valence-corrected chi connectivity index (χ4v) is 5.89. The topological polar surface area (TPSA) is 162 Å². The van der Waals surface area contributed by atoms with Gasteiger partial charge in [0.05, 0.1) is 26.4 Å². The molecule has 0 unspecified atom stereocenters. The van der Waals surface area contributed by atoms with Gasteiger partial charge in [-0.05, 0) is 53.9 Å². The lowest BCUT2D eigenvalue weighted by Gasteiger charge is -2.35. The average molecular weight is 697 g/mol. The summed E-state index contributed by atoms with van der Waals surface area (Å²) in [5.41, 5.74) is 5.14. The Kier molecular flexibility index (Phi) is 15.3. The third-order valence-electron chi connectivity index (χ3n) is 9.08. The van der Waals surface area contributed by atoms with Crippen molar-refractivity contribution in [3.63, 3.8) is 0 Å². The number of carbonyl (C=O) groups excluding carboxylic acids is 4. The highest BCUT2D eigenvalue weighted by Gasteiger charge is 2.36. The summed E-state index contributed by atoms with van der Waals surface area (Å²) in [4.78, 5) is 54.2. The van der Waals surface area contributed by atoms with Crippen LogP contribution in [0.2, 0.25) is 0 Å². The molecule has 1 aliphatic rings. The molecular weight excluding hydrogens is 640 g/mol. The zero-order valence-corrected chi connectivity index (χ0v) is 30.5. The van der Waals surface area contributed by atoms with E-state index in [-0.39, 0.29) is 25.4 Å². The molecule has 1 saturated heterocycles. The maximum absolute atomic E-state index is 13.7. The number of amides is 4. The Balaban J connectivity index is 1.92. The summed E-state index contributed by atoms with van der Waals surface area (Å²) in [7, 11) is 2.46. The van der Waals surface area contributed by atoms with Crippen LogP contribution in [-0.4, -0.2) is 92.2 Å². The van der Waals surface area contributed by atoms with Gasteiger partial charge in [-0.1, -0.05) is 83.5 Å². The molecule has 1 fully saturated rings. The second-order valence-corrected chi connectivity index (χ2v) is 14.0. The predicted octanol–water partition coefficient (Wildman–Crippen LogP) is 3.75. The zero-order chi connectivity index (χ0) is 36.8. The summed E-state index contributed by atoms with van der Waals surface area (Å²) in [5, 5.41) is 21.7. The van der Waals surface area contributed by atoms with E-state index in [4.69, 9.17) is 9.47 Å². The number of nitrogens with zero attached hydrogens (tertiary/aromatic N) is 2. The van der Waals surface area contributed by atoms with E-state index >= 15 is 0 Å². The Morgan fingerprint density at radius 1 is 0.860 bits per heavy atom. The van der Waals surface area contributed by atoms with Crippen molar-refractivity contribution in [1.82, 2.24) is 26.4 Å². The predicted molar refractivity (Wildman–Crippen MR) is 192 cm³/mol. The van der Waals surface area contributed by atoms with Gasteiger partial charge in [-0.2, -0.15) is 0 Å². The van der Waals surface area contributed by atoms with Gasteiger partial charge in [0.2, 0.25) is 5.91 Å². The van der Waals surface area contributed by atoms with Crippen LogP contribution in [0.15, 0.2) is 54.6 Å². The molecule has 5 N–H and O–H groups in total. The van der Waals surface area contributed by atoms with Crippen molar-refractivity contribution in [3.8, 4) is 0 Å². The molecule has 2 aromatic carbocycles. The monoisotopic (exact) mass is 696 g/mol. The highest BCUT2D eigenvalue weighted by atomic mass is 16.5. The lowest BCUT2D eigenvalue weighted by molar-refractivity contribution is -0.131. The number of aliphatic hydroxyl groups excluding tert-OH is 1. The highest BCUT2D eigenvalue weighted by Crippen LogP contribution is 2.22. The van der Waals surface area contributed by atoms with Gasteiger partial charge < -0.3 is 35.4 Å². The minimum atomic E-state index is -1.18. The number of nitrogens with one attached hydrogen (secondary N) is 4. The number of hydrogen-bond donors (Lipinski definition) is 5. The molecule has 13 heteroatoms. The van der Waals surface area contributed by atoms with E-state index < -0.39 is 53.6 Å². The minimum Gasteiger partial charge on any atom is -0.453 e. The van der Waals surface area contributed by atoms with Gasteiger partial charge in [0.25, 0.3) is 5.91 Å². The van der Waals surface area contributed by atoms with Crippen LogP contribution in [-0.2, 0) is 32.0 Å². The summed E-state index contributed by atoms with van der Waals surface area (Å²) in [6, 6.07) is 14.8. The lowest BCUT2D eigenvalue weighted by Crippen LogP contribution is -2.60. The minimum absolute atomic E-state index is 0.0759. The molecule has 50 heavy (non-hydrogen) atoms. The molecule has 4 amide bonds. The standard InChI is InChI=1S/C37H56N6O7/c1-8-25(2)31(39-35(47)49-6)33(45)41-43(23-27-16-18-28(19-17-27)42-20-12-13-21-42)24-30(44)29(22-26-14-10-9-11-15-26)38-34(46)32(37(3,4)5)40-36(48)50-7/h9-11,14-19,25,29-32,44H,8,12-13,20-24H2,1-7H3,(H,38,46)(H,39,47)(H,40,48)(H,41,45)/t25-,29-,30-,31-,32+/m0/s1. The van der Waals surface area contributed by atoms with Crippen molar-refractivity contribution in [2.24, 2.45) is 11.3 Å². The molecule has 276 valence electrons. The average Bonchev–Trinajstić information content (AvgIpc) is 3.64. The van der Waals surface area contributed by atoms with E-state index in [0.29, 0.717) is 6.42 Å². The van der Waals surface area contributed by atoms with Crippen LogP contribution in [0, 0.1) is 11.3 Å². The first-order chi connectivity index (χ1) is 23.7. The molecule has 0 radical (unpaired) electrons. The lowest BCUT2D eigenvalue weighted by atomic mass is 9.85. The molecule has 0 saturated carbocycles. The van der Waals surface area contributed by atoms with E-state index in [9.17, 15) is 24.3 Å². The Morgan fingerprint density at radius 3 is 2.02 bits per heavy atom. The van der Waals surface area contributed by atoms with Crippen molar-refractivity contribution < 1.29 is 33.8 Å². The smallest absolute Gasteiger partial charge is 0.407 e. The Labute approximate surface area is 296 Å². The summed E-state index contributed by atoms with van der Waals surface area (Å²) in [5.74, 6) is -1.18. The number of hydrazine groups is 1. The van der Waals surface area contributed by atoms with Crippen molar-refractivity contribution in [2.75, 3.05) is 38.8 Å². The van der Waals surface area contributed by atoms with E-state index in [1.54, 1.807) is 5.01 Å². The third-order valence-corrected chi connectivity index (χ3v) is 9.08. The van der Waals surface area contributed by atoms with Crippen molar-refractivity contribution in [2.45, 2.75) is 91.1 Å². The quantitative estimate of drug-likeness (QED) is 0.165. The Morgan fingerprint density at radius 2 is 1.46 bits per heavy atom. The highest BCUT2D eigenvalue weighted by molar-refractivity contribution is 5.87. The van der Waals surface area contributed by atoms with Crippen molar-refractivity contribution in [3.05, 3.63) is 65.7 Å². The maximum Gasteiger partial charge on any atom is 0.407 e. The van der Waals surface area contributed by atoms with Crippen LogP contribution in [0.5, 0.6) is 0 Å². The first-order valence-corrected chi connectivity index (χ1v) is 17.4. The van der Waals surface area contributed by atoms with E-state index in [1.807, 2.05) is 77.1 Å². The maximum atomic E-state index is 13.7. The van der Waals surface area contributed by atoms with Crippen LogP contribution in [0.3, 0.4) is 0 Å². The zero-order valence-electron chi connectivity index (χ0n) is 30.5. The van der Waals surface area contributed by atoms with Crippen molar-refractivity contribution >= 4 is 29.7 Å². The number of hydrogen-bond acceptors (Lipinski definition) is 9. The molecule has 0 aromatic heterocycles. The van der Waals surface area contributed by atoms with Gasteiger partial charge in [-0.25, -0.2) is 14.6 Å². The number of aliphatic hydroxyl groups is 1. The van der Waals surface area contributed by atoms with E-state index in [1.165, 1.54) is 14.2 Å². The molecule has 13 nitrogen and oxygen atoms in total. The SMILES string of the molecule is CC[C@H](C)[C@H](NC(=O)OC)C(=O)NN(Cc1ccc(N2CCCC2)cc1)C[C@H](O)[C@H](Cc1ccccc1)NC(=O)[C@@H](NC(=O)OC)C(C)(C)C. The normalized spacial score (nSPS) is 16.1. The van der Waals surface area contributed by atoms with Crippen LogP contribution in [0.1, 0.15) is 65.0 Å². The van der Waals surface area contributed by atoms with E-state index in [2.05, 4.69) is 38.4 Å². The van der Waals surface area contributed by atoms with Gasteiger partial charge in [-0.15, -0.1) is 0 Å². The molecule has 2 aromatic rings. The molecule has 5 atom stereocenters. The summed E-state index contributed by atoms with van der Waals surface area (Å²) in [6.45, 7) is 11.4. The van der Waals surface area contributed by atoms with Crippen LogP contribution in [0.4, 0.5) is 15.3 Å². The number of rotatable bonds is 16. The van der Waals surface area contributed by atoms with Gasteiger partial charge in [0.15, 0.2) is 0 Å². The number of alkyl carbamates (subject to hydrolysis) is 2. The van der Waals surface area contributed by atoms with Gasteiger partial charge in [-0.3, -0.25) is 15.0 Å². The number of benzene rings is 2. The fraction of sp³-hybridized carbons (Fsp3) is 0.568. The molecule has 0 spiro atoms. The number of anilines is 1. The van der Waals surface area contributed by atoms with E-state index in [0.717, 1.165) is 42.7 Å². The number of carbonyl (C=O) groups is 4. The molecule has 1 heterocycles. The van der Waals surface area contributed by atoms with Crippen molar-refractivity contribution in [1.29, 1.82) is 0 Å². The van der Waals surface area contributed by atoms with Gasteiger partial charge in [0.1, 0.15) is 12.1 Å². The van der Waals surface area contributed by atoms with Gasteiger partial charge in [0, 0.05) is 31.9 Å². The second-order valence-electron chi connectivity index (χ2n) is 14.0. The van der Waals surface area contributed by atoms with Crippen LogP contribution < -0.4 is 26.3 Å². The molecule has 1 aliphatic heterocycles. The number of methoxy groups -OCH3 is 2. The first kappa shape index (κ1) is 40.1. The Hall–Kier alpha value is -4.36. The van der Waals surface area contributed by atoms with Gasteiger partial charge >= 0.3 is 12.2 Å². The summed E-state index contributed by atoms with van der Waals surface area (Å²) >= 11 is 0. The number of ether oxygens (including phenoxy) is 2. The Bertz CT molecular complexity index is 1380. The summed E-state index contributed by atoms with van der Waals surface area (Å²) in [6.07, 6.45) is 0.545. The molecule has 0 bridgehead atoms.